The van der Waals surface area contributed by atoms with Crippen molar-refractivity contribution >= 4 is 28.7 Å². The number of Topliss-reactive ketones (excluding diaryl/α,β-unsaturated/α-hetero) is 1. The average molecular weight is 282 g/mol. The summed E-state index contributed by atoms with van der Waals surface area (Å²) in [6.07, 6.45) is 0. The van der Waals surface area contributed by atoms with Crippen LogP contribution in [0.1, 0.15) is 13.8 Å². The molecule has 0 fully saturated rings. The van der Waals surface area contributed by atoms with E-state index < -0.39 is 11.2 Å². The van der Waals surface area contributed by atoms with Crippen LogP contribution in [0.5, 0.6) is 0 Å². The van der Waals surface area contributed by atoms with Crippen LogP contribution in [-0.2, 0) is 18.4 Å². The van der Waals surface area contributed by atoms with Crippen LogP contribution in [0.4, 0.5) is 0 Å². The van der Waals surface area contributed by atoms with Crippen molar-refractivity contribution in [2.75, 3.05) is 5.75 Å². The van der Waals surface area contributed by atoms with Crippen LogP contribution < -0.4 is 11.2 Å². The number of hydrogen-bond donors (Lipinski definition) is 1. The minimum atomic E-state index is -0.499. The van der Waals surface area contributed by atoms with Gasteiger partial charge >= 0.3 is 5.69 Å². The van der Waals surface area contributed by atoms with E-state index in [-0.39, 0.29) is 11.5 Å². The van der Waals surface area contributed by atoms with Crippen molar-refractivity contribution in [2.24, 2.45) is 7.05 Å². The summed E-state index contributed by atoms with van der Waals surface area (Å²) in [4.78, 5) is 41.0. The Hall–Kier alpha value is -1.83. The first-order chi connectivity index (χ1) is 8.95. The molecule has 0 unspecified atom stereocenters. The Bertz CT molecular complexity index is 756. The molecule has 0 aromatic carbocycles. The third kappa shape index (κ3) is 2.35. The molecule has 0 spiro atoms. The predicted octanol–water partition coefficient (Wildman–Crippen LogP) is 0.124. The quantitative estimate of drug-likeness (QED) is 0.805. The zero-order valence-corrected chi connectivity index (χ0v) is 11.7. The number of aromatic nitrogens is 4. The summed E-state index contributed by atoms with van der Waals surface area (Å²) in [5.74, 6) is 0.317. The normalized spacial score (nSPS) is 11.1. The minimum absolute atomic E-state index is 0.0301. The molecule has 0 saturated carbocycles. The Kier molecular flexibility index (Phi) is 3.61. The second-order valence-corrected chi connectivity index (χ2v) is 5.06. The maximum Gasteiger partial charge on any atom is 0.329 e. The average Bonchev–Trinajstić information content (AvgIpc) is 2.72. The molecule has 0 aliphatic heterocycles. The fraction of sp³-hybridized carbons (Fsp3) is 0.455. The molecule has 2 rings (SSSR count). The third-order valence-electron chi connectivity index (χ3n) is 2.69. The molecule has 0 aliphatic carbocycles. The lowest BCUT2D eigenvalue weighted by Crippen LogP contribution is -2.29. The number of nitrogens with one attached hydrogen (secondary N) is 1. The highest BCUT2D eigenvalue weighted by atomic mass is 32.2. The first-order valence-corrected chi connectivity index (χ1v) is 6.76. The summed E-state index contributed by atoms with van der Waals surface area (Å²) in [5.41, 5.74) is -0.263. The summed E-state index contributed by atoms with van der Waals surface area (Å²) < 4.78 is 3.00. The van der Waals surface area contributed by atoms with E-state index in [9.17, 15) is 14.4 Å². The minimum Gasteiger partial charge on any atom is -0.313 e. The van der Waals surface area contributed by atoms with E-state index in [1.807, 2.05) is 6.92 Å². The molecule has 0 aliphatic rings. The largest absolute Gasteiger partial charge is 0.329 e. The lowest BCUT2D eigenvalue weighted by atomic mass is 10.5. The van der Waals surface area contributed by atoms with Crippen LogP contribution in [-0.4, -0.2) is 30.6 Å². The van der Waals surface area contributed by atoms with Gasteiger partial charge in [0.05, 0.1) is 5.75 Å². The fourth-order valence-electron chi connectivity index (χ4n) is 1.78. The summed E-state index contributed by atoms with van der Waals surface area (Å²) in [5, 5.41) is 0.569. The van der Waals surface area contributed by atoms with Gasteiger partial charge in [-0.15, -0.1) is 0 Å². The number of carbonyl (C=O) groups excluding carboxylic acids is 1. The van der Waals surface area contributed by atoms with Crippen LogP contribution in [0.25, 0.3) is 11.2 Å². The van der Waals surface area contributed by atoms with E-state index in [1.54, 1.807) is 11.6 Å². The Morgan fingerprint density at radius 3 is 2.68 bits per heavy atom. The van der Waals surface area contributed by atoms with Crippen LogP contribution in [0.2, 0.25) is 0 Å². The van der Waals surface area contributed by atoms with Gasteiger partial charge in [0.1, 0.15) is 5.78 Å². The smallest absolute Gasteiger partial charge is 0.313 e. The zero-order chi connectivity index (χ0) is 14.2. The van der Waals surface area contributed by atoms with Crippen molar-refractivity contribution in [3.05, 3.63) is 20.8 Å². The summed E-state index contributed by atoms with van der Waals surface area (Å²) in [6, 6.07) is 0. The summed E-state index contributed by atoms with van der Waals surface area (Å²) >= 11 is 1.26. The number of thioether (sulfide) groups is 1. The van der Waals surface area contributed by atoms with Crippen molar-refractivity contribution < 1.29 is 4.79 Å². The van der Waals surface area contributed by atoms with E-state index in [0.29, 0.717) is 22.9 Å². The van der Waals surface area contributed by atoms with Crippen LogP contribution >= 0.6 is 11.8 Å². The van der Waals surface area contributed by atoms with Crippen LogP contribution in [0.15, 0.2) is 14.7 Å². The maximum absolute atomic E-state index is 11.9. The SMILES string of the molecule is CCn1c(SCC(C)=O)nc2c1c(=O)[nH]c(=O)n2C. The molecule has 2 heterocycles. The molecule has 2 aromatic heterocycles. The molecular formula is C11H14N4O3S. The topological polar surface area (TPSA) is 89.8 Å². The van der Waals surface area contributed by atoms with Crippen molar-refractivity contribution in [3.8, 4) is 0 Å². The Balaban J connectivity index is 2.70. The number of rotatable bonds is 4. The number of aryl methyl sites for hydroxylation is 2. The second kappa shape index (κ2) is 5.04. The standard InChI is InChI=1S/C11H14N4O3S/c1-4-15-7-8(12-11(15)19-5-6(2)16)14(3)10(18)13-9(7)17/h4-5H2,1-3H3,(H,13,17,18). The number of hydrogen-bond acceptors (Lipinski definition) is 5. The van der Waals surface area contributed by atoms with Crippen LogP contribution in [0, 0.1) is 0 Å². The lowest BCUT2D eigenvalue weighted by Gasteiger charge is -2.03. The highest BCUT2D eigenvalue weighted by Crippen LogP contribution is 2.21. The van der Waals surface area contributed by atoms with Gasteiger partial charge in [0.25, 0.3) is 5.56 Å². The number of H-pyrrole nitrogens is 1. The fourth-order valence-corrected chi connectivity index (χ4v) is 2.64. The first kappa shape index (κ1) is 13.6. The molecule has 19 heavy (non-hydrogen) atoms. The molecule has 0 saturated heterocycles. The van der Waals surface area contributed by atoms with Crippen molar-refractivity contribution in [2.45, 2.75) is 25.5 Å². The van der Waals surface area contributed by atoms with Crippen molar-refractivity contribution in [1.29, 1.82) is 0 Å². The predicted molar refractivity (Wildman–Crippen MR) is 72.7 cm³/mol. The number of carbonyl (C=O) groups is 1. The van der Waals surface area contributed by atoms with E-state index in [0.717, 1.165) is 0 Å². The van der Waals surface area contributed by atoms with Gasteiger partial charge in [-0.1, -0.05) is 11.8 Å². The van der Waals surface area contributed by atoms with Gasteiger partial charge in [-0.2, -0.15) is 0 Å². The number of imidazole rings is 1. The van der Waals surface area contributed by atoms with E-state index in [1.165, 1.54) is 23.3 Å². The molecule has 7 nitrogen and oxygen atoms in total. The van der Waals surface area contributed by atoms with Gasteiger partial charge in [-0.3, -0.25) is 19.1 Å². The Morgan fingerprint density at radius 1 is 1.42 bits per heavy atom. The second-order valence-electron chi connectivity index (χ2n) is 4.12. The van der Waals surface area contributed by atoms with E-state index in [4.69, 9.17) is 0 Å². The molecule has 0 bridgehead atoms. The molecule has 8 heteroatoms. The maximum atomic E-state index is 11.9. The monoisotopic (exact) mass is 282 g/mol. The molecule has 0 amide bonds. The molecule has 102 valence electrons. The number of aromatic amines is 1. The first-order valence-electron chi connectivity index (χ1n) is 5.77. The molecule has 0 atom stereocenters. The Morgan fingerprint density at radius 2 is 2.11 bits per heavy atom. The molecule has 0 radical (unpaired) electrons. The highest BCUT2D eigenvalue weighted by Gasteiger charge is 2.16. The zero-order valence-electron chi connectivity index (χ0n) is 10.9. The summed E-state index contributed by atoms with van der Waals surface area (Å²) in [6.45, 7) is 3.91. The van der Waals surface area contributed by atoms with Crippen molar-refractivity contribution in [3.63, 3.8) is 0 Å². The van der Waals surface area contributed by atoms with E-state index in [2.05, 4.69) is 9.97 Å². The van der Waals surface area contributed by atoms with Gasteiger partial charge < -0.3 is 4.57 Å². The summed E-state index contributed by atoms with van der Waals surface area (Å²) in [7, 11) is 1.55. The highest BCUT2D eigenvalue weighted by molar-refractivity contribution is 7.99. The molecular weight excluding hydrogens is 268 g/mol. The number of fused-ring (bicyclic) bond motifs is 1. The number of nitrogens with zero attached hydrogens (tertiary/aromatic N) is 3. The third-order valence-corrected chi connectivity index (χ3v) is 3.81. The van der Waals surface area contributed by atoms with Gasteiger partial charge in [-0.25, -0.2) is 9.78 Å². The van der Waals surface area contributed by atoms with Gasteiger partial charge in [0.15, 0.2) is 16.3 Å². The van der Waals surface area contributed by atoms with Crippen molar-refractivity contribution in [1.82, 2.24) is 19.1 Å². The van der Waals surface area contributed by atoms with Gasteiger partial charge in [-0.05, 0) is 13.8 Å². The number of ketones is 1. The molecule has 2 aromatic rings. The Labute approximate surface area is 112 Å². The van der Waals surface area contributed by atoms with Gasteiger partial charge in [0.2, 0.25) is 0 Å². The molecule has 1 N–H and O–H groups in total. The van der Waals surface area contributed by atoms with Crippen LogP contribution in [0.3, 0.4) is 0 Å². The lowest BCUT2D eigenvalue weighted by molar-refractivity contribution is -0.114. The van der Waals surface area contributed by atoms with E-state index >= 15 is 0 Å². The van der Waals surface area contributed by atoms with Gasteiger partial charge in [0, 0.05) is 13.6 Å².